The highest BCUT2D eigenvalue weighted by molar-refractivity contribution is 7.92. The minimum Gasteiger partial charge on any atom is -0.444 e. The number of piperazine rings is 1. The van der Waals surface area contributed by atoms with Crippen molar-refractivity contribution in [1.82, 2.24) is 9.80 Å². The average molecular weight is 642 g/mol. The molecule has 0 aliphatic carbocycles. The molecule has 1 unspecified atom stereocenters. The second kappa shape index (κ2) is 12.4. The van der Waals surface area contributed by atoms with Gasteiger partial charge in [-0.1, -0.05) is 26.8 Å². The number of nitrogens with zero attached hydrogens (tertiary/aromatic N) is 2. The molecule has 0 bridgehead atoms. The molecule has 11 heteroatoms. The molecular formula is C34H41F2N3O5S. The summed E-state index contributed by atoms with van der Waals surface area (Å²) in [6.45, 7) is 15.1. The first-order valence-electron chi connectivity index (χ1n) is 14.7. The van der Waals surface area contributed by atoms with Crippen molar-refractivity contribution >= 4 is 27.7 Å². The molecule has 0 saturated carbocycles. The molecule has 2 amide bonds. The van der Waals surface area contributed by atoms with E-state index in [1.54, 1.807) is 33.8 Å². The Morgan fingerprint density at radius 2 is 1.49 bits per heavy atom. The van der Waals surface area contributed by atoms with Crippen LogP contribution >= 0.6 is 0 Å². The van der Waals surface area contributed by atoms with E-state index in [-0.39, 0.29) is 46.8 Å². The molecule has 1 atom stereocenters. The highest BCUT2D eigenvalue weighted by atomic mass is 32.2. The molecule has 1 heterocycles. The van der Waals surface area contributed by atoms with Crippen molar-refractivity contribution in [2.24, 2.45) is 0 Å². The first-order valence-corrected chi connectivity index (χ1v) is 16.2. The Labute approximate surface area is 264 Å². The summed E-state index contributed by atoms with van der Waals surface area (Å²) in [5.74, 6) is -2.05. The zero-order chi connectivity index (χ0) is 33.5. The van der Waals surface area contributed by atoms with Crippen LogP contribution in [-0.4, -0.2) is 55.5 Å². The number of hydrogen-bond acceptors (Lipinski definition) is 5. The van der Waals surface area contributed by atoms with Crippen LogP contribution in [0.5, 0.6) is 0 Å². The van der Waals surface area contributed by atoms with Gasteiger partial charge in [0.15, 0.2) is 0 Å². The summed E-state index contributed by atoms with van der Waals surface area (Å²) in [4.78, 5) is 29.6. The largest absolute Gasteiger partial charge is 0.444 e. The van der Waals surface area contributed by atoms with E-state index < -0.39 is 45.3 Å². The number of nitrogens with one attached hydrogen (secondary N) is 1. The third-order valence-corrected chi connectivity index (χ3v) is 9.23. The smallest absolute Gasteiger partial charge is 0.410 e. The zero-order valence-electron chi connectivity index (χ0n) is 27.0. The van der Waals surface area contributed by atoms with E-state index in [2.05, 4.69) is 4.72 Å². The maximum absolute atomic E-state index is 14.2. The van der Waals surface area contributed by atoms with Gasteiger partial charge in [-0.2, -0.15) is 0 Å². The van der Waals surface area contributed by atoms with Crippen molar-refractivity contribution in [3.05, 3.63) is 94.0 Å². The molecule has 8 nitrogen and oxygen atoms in total. The number of anilines is 1. The maximum atomic E-state index is 14.2. The van der Waals surface area contributed by atoms with Crippen molar-refractivity contribution < 1.29 is 31.5 Å². The lowest BCUT2D eigenvalue weighted by Crippen LogP contribution is -2.53. The predicted molar refractivity (Wildman–Crippen MR) is 170 cm³/mol. The van der Waals surface area contributed by atoms with E-state index in [0.29, 0.717) is 5.56 Å². The molecule has 242 valence electrons. The van der Waals surface area contributed by atoms with Gasteiger partial charge in [-0.3, -0.25) is 9.52 Å². The maximum Gasteiger partial charge on any atom is 0.410 e. The number of halogens is 2. The second-order valence-corrected chi connectivity index (χ2v) is 15.1. The third-order valence-electron chi connectivity index (χ3n) is 7.72. The Bertz CT molecular complexity index is 1690. The van der Waals surface area contributed by atoms with Crippen LogP contribution in [-0.2, 0) is 20.2 Å². The average Bonchev–Trinajstić information content (AvgIpc) is 2.91. The number of amides is 2. The third kappa shape index (κ3) is 8.00. The van der Waals surface area contributed by atoms with Gasteiger partial charge < -0.3 is 14.5 Å². The van der Waals surface area contributed by atoms with E-state index >= 15 is 0 Å². The van der Waals surface area contributed by atoms with Gasteiger partial charge in [0.2, 0.25) is 0 Å². The van der Waals surface area contributed by atoms with Gasteiger partial charge in [-0.15, -0.1) is 0 Å². The van der Waals surface area contributed by atoms with Gasteiger partial charge in [0.1, 0.15) is 17.2 Å². The van der Waals surface area contributed by atoms with E-state index in [1.165, 1.54) is 34.1 Å². The number of carbonyl (C=O) groups is 2. The molecule has 1 aliphatic rings. The van der Waals surface area contributed by atoms with Crippen LogP contribution in [0.2, 0.25) is 0 Å². The van der Waals surface area contributed by atoms with Crippen LogP contribution in [0.4, 0.5) is 19.3 Å². The molecule has 3 aromatic rings. The molecule has 0 aromatic heterocycles. The molecule has 3 aromatic carbocycles. The summed E-state index contributed by atoms with van der Waals surface area (Å²) in [5.41, 5.74) is 2.11. The van der Waals surface area contributed by atoms with Crippen molar-refractivity contribution in [2.75, 3.05) is 24.4 Å². The van der Waals surface area contributed by atoms with E-state index in [0.717, 1.165) is 29.3 Å². The van der Waals surface area contributed by atoms with Gasteiger partial charge in [-0.25, -0.2) is 22.0 Å². The lowest BCUT2D eigenvalue weighted by Gasteiger charge is -2.42. The minimum absolute atomic E-state index is 0.0339. The zero-order valence-corrected chi connectivity index (χ0v) is 27.8. The number of benzene rings is 3. The van der Waals surface area contributed by atoms with E-state index in [4.69, 9.17) is 4.74 Å². The van der Waals surface area contributed by atoms with E-state index in [1.807, 2.05) is 33.8 Å². The quantitative estimate of drug-likeness (QED) is 0.320. The van der Waals surface area contributed by atoms with E-state index in [9.17, 15) is 26.8 Å². The number of aryl methyl sites for hydroxylation is 1. The van der Waals surface area contributed by atoms with Gasteiger partial charge in [0, 0.05) is 37.0 Å². The fraction of sp³-hybridized carbons (Fsp3) is 0.412. The molecule has 4 rings (SSSR count). The number of ether oxygens (including phenoxy) is 1. The van der Waals surface area contributed by atoms with Crippen LogP contribution in [0.1, 0.15) is 80.2 Å². The van der Waals surface area contributed by atoms with Crippen LogP contribution in [0.15, 0.2) is 59.5 Å². The van der Waals surface area contributed by atoms with Crippen LogP contribution < -0.4 is 4.72 Å². The first kappa shape index (κ1) is 33.9. The van der Waals surface area contributed by atoms with Gasteiger partial charge in [-0.05, 0) is 105 Å². The molecule has 1 N–H and O–H groups in total. The lowest BCUT2D eigenvalue weighted by molar-refractivity contribution is 0.00404. The Balaban J connectivity index is 1.59. The summed E-state index contributed by atoms with van der Waals surface area (Å²) in [6, 6.07) is 11.8. The first-order chi connectivity index (χ1) is 20.7. The molecule has 1 aliphatic heterocycles. The van der Waals surface area contributed by atoms with Crippen molar-refractivity contribution in [3.63, 3.8) is 0 Å². The standard InChI is InChI=1S/C34H41F2N3O5S/c1-21-15-25(33(3,4)5)18-30(22(21)2)45(42,43)37-28-11-9-23(10-12-28)31(40)39-14-13-38(32(41)44-34(6,7)8)20-29(39)24-16-26(35)19-27(36)17-24/h9-12,15-19,29,37H,13-14,20H2,1-8H3. The minimum atomic E-state index is -3.95. The summed E-state index contributed by atoms with van der Waals surface area (Å²) in [6.07, 6.45) is -0.591. The number of sulfonamides is 1. The normalized spacial score (nSPS) is 16.0. The van der Waals surface area contributed by atoms with Crippen LogP contribution in [0.3, 0.4) is 0 Å². The fourth-order valence-electron chi connectivity index (χ4n) is 5.17. The molecule has 0 radical (unpaired) electrons. The molecule has 1 fully saturated rings. The summed E-state index contributed by atoms with van der Waals surface area (Å²) < 4.78 is 63.5. The highest BCUT2D eigenvalue weighted by Crippen LogP contribution is 2.32. The van der Waals surface area contributed by atoms with Crippen molar-refractivity contribution in [1.29, 1.82) is 0 Å². The number of hydrogen-bond donors (Lipinski definition) is 1. The fourth-order valence-corrected chi connectivity index (χ4v) is 6.57. The van der Waals surface area contributed by atoms with Gasteiger partial charge >= 0.3 is 6.09 Å². The molecule has 1 saturated heterocycles. The van der Waals surface area contributed by atoms with Gasteiger partial charge in [0.25, 0.3) is 15.9 Å². The van der Waals surface area contributed by atoms with Gasteiger partial charge in [0.05, 0.1) is 10.9 Å². The number of rotatable bonds is 5. The summed E-state index contributed by atoms with van der Waals surface area (Å²) in [5, 5.41) is 0. The monoisotopic (exact) mass is 641 g/mol. The van der Waals surface area contributed by atoms with Crippen LogP contribution in [0, 0.1) is 25.5 Å². The summed E-state index contributed by atoms with van der Waals surface area (Å²) >= 11 is 0. The Hall–Kier alpha value is -3.99. The SMILES string of the molecule is Cc1cc(C(C)(C)C)cc(S(=O)(=O)Nc2ccc(C(=O)N3CCN(C(=O)OC(C)(C)C)CC3c3cc(F)cc(F)c3)cc2)c1C. The predicted octanol–water partition coefficient (Wildman–Crippen LogP) is 7.11. The van der Waals surface area contributed by atoms with Crippen molar-refractivity contribution in [3.8, 4) is 0 Å². The Morgan fingerprint density at radius 3 is 2.04 bits per heavy atom. The second-order valence-electron chi connectivity index (χ2n) is 13.5. The molecule has 0 spiro atoms. The van der Waals surface area contributed by atoms with Crippen LogP contribution in [0.25, 0.3) is 0 Å². The Kier molecular flexibility index (Phi) is 9.36. The topological polar surface area (TPSA) is 96.0 Å². The molecule has 45 heavy (non-hydrogen) atoms. The summed E-state index contributed by atoms with van der Waals surface area (Å²) in [7, 11) is -3.95. The lowest BCUT2D eigenvalue weighted by atomic mass is 9.85. The highest BCUT2D eigenvalue weighted by Gasteiger charge is 2.36. The van der Waals surface area contributed by atoms with Crippen molar-refractivity contribution in [2.45, 2.75) is 77.3 Å². The Morgan fingerprint density at radius 1 is 0.889 bits per heavy atom. The number of carbonyl (C=O) groups excluding carboxylic acids is 2. The molecular weight excluding hydrogens is 600 g/mol.